The summed E-state index contributed by atoms with van der Waals surface area (Å²) in [5.41, 5.74) is 4.23. The first kappa shape index (κ1) is 15.4. The lowest BCUT2D eigenvalue weighted by molar-refractivity contribution is 0.0639. The topological polar surface area (TPSA) is 42.3 Å². The molecule has 3 aromatic rings. The Hall–Kier alpha value is -3.14. The fourth-order valence-corrected chi connectivity index (χ4v) is 3.30. The van der Waals surface area contributed by atoms with E-state index < -0.39 is 0 Å². The van der Waals surface area contributed by atoms with Gasteiger partial charge in [-0.15, -0.1) is 0 Å². The monoisotopic (exact) mass is 330 g/mol. The van der Waals surface area contributed by atoms with Crippen LogP contribution in [0, 0.1) is 6.92 Å². The van der Waals surface area contributed by atoms with E-state index in [2.05, 4.69) is 16.7 Å². The molecule has 0 saturated carbocycles. The highest BCUT2D eigenvalue weighted by atomic mass is 16.2. The molecule has 0 bridgehead atoms. The van der Waals surface area contributed by atoms with Crippen molar-refractivity contribution in [2.24, 2.45) is 0 Å². The van der Waals surface area contributed by atoms with Crippen molar-refractivity contribution in [3.05, 3.63) is 94.8 Å². The molecule has 2 amide bonds. The van der Waals surface area contributed by atoms with Gasteiger partial charge in [0.2, 0.25) is 0 Å². The summed E-state index contributed by atoms with van der Waals surface area (Å²) < 4.78 is 2.15. The van der Waals surface area contributed by atoms with Crippen LogP contribution in [0.4, 0.5) is 0 Å². The first-order valence-corrected chi connectivity index (χ1v) is 8.29. The number of hydrogen-bond acceptors (Lipinski definition) is 2. The number of benzene rings is 2. The molecule has 0 spiro atoms. The predicted molar refractivity (Wildman–Crippen MR) is 95.4 cm³/mol. The molecule has 25 heavy (non-hydrogen) atoms. The van der Waals surface area contributed by atoms with E-state index in [9.17, 15) is 9.59 Å². The van der Waals surface area contributed by atoms with Crippen LogP contribution < -0.4 is 0 Å². The van der Waals surface area contributed by atoms with Crippen molar-refractivity contribution >= 4 is 11.8 Å². The van der Waals surface area contributed by atoms with Gasteiger partial charge in [0, 0.05) is 17.9 Å². The zero-order valence-corrected chi connectivity index (χ0v) is 14.0. The average molecular weight is 330 g/mol. The summed E-state index contributed by atoms with van der Waals surface area (Å²) >= 11 is 0. The van der Waals surface area contributed by atoms with Gasteiger partial charge in [0.05, 0.1) is 17.7 Å². The zero-order valence-electron chi connectivity index (χ0n) is 14.0. The summed E-state index contributed by atoms with van der Waals surface area (Å²) in [4.78, 5) is 26.5. The van der Waals surface area contributed by atoms with E-state index in [-0.39, 0.29) is 18.4 Å². The van der Waals surface area contributed by atoms with Crippen molar-refractivity contribution in [1.29, 1.82) is 0 Å². The Balaban J connectivity index is 1.63. The zero-order chi connectivity index (χ0) is 17.4. The Morgan fingerprint density at radius 1 is 0.720 bits per heavy atom. The third-order valence-electron chi connectivity index (χ3n) is 4.67. The molecule has 0 N–H and O–H groups in total. The van der Waals surface area contributed by atoms with Crippen molar-refractivity contribution in [3.8, 4) is 0 Å². The number of aromatic nitrogens is 1. The van der Waals surface area contributed by atoms with Gasteiger partial charge in [-0.2, -0.15) is 0 Å². The van der Waals surface area contributed by atoms with Crippen molar-refractivity contribution in [2.75, 3.05) is 0 Å². The van der Waals surface area contributed by atoms with Gasteiger partial charge in [-0.05, 0) is 36.8 Å². The highest BCUT2D eigenvalue weighted by Crippen LogP contribution is 2.25. The molecule has 0 radical (unpaired) electrons. The minimum absolute atomic E-state index is 0.217. The smallest absolute Gasteiger partial charge is 0.261 e. The molecule has 1 aliphatic rings. The van der Waals surface area contributed by atoms with Gasteiger partial charge in [0.1, 0.15) is 0 Å². The van der Waals surface area contributed by atoms with Gasteiger partial charge >= 0.3 is 0 Å². The minimum atomic E-state index is -0.217. The van der Waals surface area contributed by atoms with Crippen LogP contribution in [0.3, 0.4) is 0 Å². The molecule has 4 rings (SSSR count). The highest BCUT2D eigenvalue weighted by Gasteiger charge is 2.35. The van der Waals surface area contributed by atoms with E-state index in [4.69, 9.17) is 0 Å². The fourth-order valence-electron chi connectivity index (χ4n) is 3.30. The van der Waals surface area contributed by atoms with Crippen molar-refractivity contribution in [3.63, 3.8) is 0 Å². The van der Waals surface area contributed by atoms with E-state index in [1.807, 2.05) is 37.3 Å². The van der Waals surface area contributed by atoms with Crippen LogP contribution in [0.25, 0.3) is 0 Å². The lowest BCUT2D eigenvalue weighted by Gasteiger charge is -2.17. The maximum Gasteiger partial charge on any atom is 0.261 e. The number of hydrogen-bond donors (Lipinski definition) is 0. The van der Waals surface area contributed by atoms with E-state index in [1.165, 1.54) is 10.5 Å². The Labute approximate surface area is 146 Å². The minimum Gasteiger partial charge on any atom is -0.343 e. The van der Waals surface area contributed by atoms with Crippen molar-refractivity contribution in [1.82, 2.24) is 9.47 Å². The molecule has 0 unspecified atom stereocenters. The predicted octanol–water partition coefficient (Wildman–Crippen LogP) is 3.64. The van der Waals surface area contributed by atoms with Crippen LogP contribution in [-0.4, -0.2) is 21.3 Å². The van der Waals surface area contributed by atoms with Crippen LogP contribution in [0.1, 0.15) is 37.7 Å². The number of rotatable bonds is 4. The van der Waals surface area contributed by atoms with E-state index in [0.717, 1.165) is 17.9 Å². The molecule has 0 aliphatic carbocycles. The summed E-state index contributed by atoms with van der Waals surface area (Å²) in [6, 6.07) is 21.2. The molecule has 2 heterocycles. The van der Waals surface area contributed by atoms with Crippen molar-refractivity contribution < 1.29 is 9.59 Å². The normalized spacial score (nSPS) is 13.4. The molecular formula is C21H18N2O2. The van der Waals surface area contributed by atoms with E-state index in [1.54, 1.807) is 24.3 Å². The van der Waals surface area contributed by atoms with E-state index >= 15 is 0 Å². The third-order valence-corrected chi connectivity index (χ3v) is 4.67. The molecule has 4 nitrogen and oxygen atoms in total. The lowest BCUT2D eigenvalue weighted by atomic mass is 10.1. The number of aryl methyl sites for hydroxylation is 1. The van der Waals surface area contributed by atoms with Gasteiger partial charge in [0.25, 0.3) is 11.8 Å². The van der Waals surface area contributed by atoms with Crippen molar-refractivity contribution in [2.45, 2.75) is 20.0 Å². The molecular weight excluding hydrogens is 312 g/mol. The molecule has 124 valence electrons. The molecule has 0 saturated heterocycles. The number of amides is 2. The maximum absolute atomic E-state index is 12.6. The van der Waals surface area contributed by atoms with Gasteiger partial charge in [-0.25, -0.2) is 0 Å². The first-order chi connectivity index (χ1) is 12.1. The second-order valence-corrected chi connectivity index (χ2v) is 6.28. The van der Waals surface area contributed by atoms with Crippen LogP contribution >= 0.6 is 0 Å². The molecule has 0 atom stereocenters. The number of fused-ring (bicyclic) bond motifs is 1. The SMILES string of the molecule is Cc1ccc(CN2C(=O)c3ccccc3C2=O)n1Cc1ccccc1. The first-order valence-electron chi connectivity index (χ1n) is 8.29. The highest BCUT2D eigenvalue weighted by molar-refractivity contribution is 6.21. The van der Waals surface area contributed by atoms with Gasteiger partial charge < -0.3 is 4.57 Å². The van der Waals surface area contributed by atoms with Crippen LogP contribution in [0.15, 0.2) is 66.7 Å². The van der Waals surface area contributed by atoms with E-state index in [0.29, 0.717) is 11.1 Å². The summed E-state index contributed by atoms with van der Waals surface area (Å²) in [6.45, 7) is 3.04. The van der Waals surface area contributed by atoms with Crippen LogP contribution in [-0.2, 0) is 13.1 Å². The summed E-state index contributed by atoms with van der Waals surface area (Å²) in [5, 5.41) is 0. The van der Waals surface area contributed by atoms with Gasteiger partial charge in [0.15, 0.2) is 0 Å². The van der Waals surface area contributed by atoms with Crippen LogP contribution in [0.5, 0.6) is 0 Å². The summed E-state index contributed by atoms with van der Waals surface area (Å²) in [6.07, 6.45) is 0. The summed E-state index contributed by atoms with van der Waals surface area (Å²) in [7, 11) is 0. The quantitative estimate of drug-likeness (QED) is 0.685. The number of imide groups is 1. The number of nitrogens with zero attached hydrogens (tertiary/aromatic N) is 2. The Kier molecular flexibility index (Phi) is 3.73. The average Bonchev–Trinajstić information content (AvgIpc) is 3.10. The largest absolute Gasteiger partial charge is 0.343 e. The second kappa shape index (κ2) is 6.06. The molecule has 1 aromatic heterocycles. The standard InChI is InChI=1S/C21H18N2O2/c1-15-11-12-17(22(15)13-16-7-3-2-4-8-16)14-23-20(24)18-9-5-6-10-19(18)21(23)25/h2-12H,13-14H2,1H3. The van der Waals surface area contributed by atoms with Gasteiger partial charge in [-0.1, -0.05) is 42.5 Å². The lowest BCUT2D eigenvalue weighted by Crippen LogP contribution is -2.30. The maximum atomic E-state index is 12.6. The Morgan fingerprint density at radius 2 is 1.32 bits per heavy atom. The Morgan fingerprint density at radius 3 is 1.96 bits per heavy atom. The third kappa shape index (κ3) is 2.66. The molecule has 4 heteroatoms. The number of carbonyl (C=O) groups is 2. The number of carbonyl (C=O) groups excluding carboxylic acids is 2. The van der Waals surface area contributed by atoms with Gasteiger partial charge in [-0.3, -0.25) is 14.5 Å². The molecule has 0 fully saturated rings. The Bertz CT molecular complexity index is 922. The fraction of sp³-hybridized carbons (Fsp3) is 0.143. The van der Waals surface area contributed by atoms with Crippen LogP contribution in [0.2, 0.25) is 0 Å². The second-order valence-electron chi connectivity index (χ2n) is 6.28. The summed E-state index contributed by atoms with van der Waals surface area (Å²) in [5.74, 6) is -0.434. The molecule has 2 aromatic carbocycles. The molecule has 1 aliphatic heterocycles.